The highest BCUT2D eigenvalue weighted by molar-refractivity contribution is 7.99. The van der Waals surface area contributed by atoms with E-state index in [0.717, 1.165) is 37.2 Å². The molecule has 1 saturated carbocycles. The van der Waals surface area contributed by atoms with Crippen LogP contribution in [0.15, 0.2) is 29.2 Å². The molecule has 18 heavy (non-hydrogen) atoms. The average molecular weight is 262 g/mol. The Morgan fingerprint density at radius 3 is 2.94 bits per heavy atom. The number of thioether (sulfide) groups is 1. The number of anilines is 1. The Labute approximate surface area is 112 Å². The Morgan fingerprint density at radius 2 is 2.17 bits per heavy atom. The normalized spacial score (nSPS) is 27.1. The molecule has 0 spiro atoms. The smallest absolute Gasteiger partial charge is 0.230 e. The standard InChI is InChI=1S/C14H18N2OS/c15-11-6-5-10(9-11)14(17)16-7-8-18-13-4-2-1-3-12(13)16/h1-4,10-11H,5-9,15H2. The van der Waals surface area contributed by atoms with Gasteiger partial charge in [0.25, 0.3) is 0 Å². The predicted octanol–water partition coefficient (Wildman–Crippen LogP) is 2.25. The molecule has 1 amide bonds. The van der Waals surface area contributed by atoms with Gasteiger partial charge >= 0.3 is 0 Å². The van der Waals surface area contributed by atoms with Crippen LogP contribution < -0.4 is 10.6 Å². The van der Waals surface area contributed by atoms with Crippen LogP contribution >= 0.6 is 11.8 Å². The van der Waals surface area contributed by atoms with Crippen LogP contribution in [-0.2, 0) is 4.79 Å². The SMILES string of the molecule is NC1CCC(C(=O)N2CCSc3ccccc32)C1. The van der Waals surface area contributed by atoms with Crippen LogP contribution in [0, 0.1) is 5.92 Å². The summed E-state index contributed by atoms with van der Waals surface area (Å²) in [6, 6.07) is 8.40. The molecule has 1 heterocycles. The van der Waals surface area contributed by atoms with Crippen molar-refractivity contribution in [1.29, 1.82) is 0 Å². The summed E-state index contributed by atoms with van der Waals surface area (Å²) in [7, 11) is 0. The quantitative estimate of drug-likeness (QED) is 0.844. The third-order valence-corrected chi connectivity index (χ3v) is 4.86. The maximum absolute atomic E-state index is 12.6. The van der Waals surface area contributed by atoms with Gasteiger partial charge in [0.2, 0.25) is 5.91 Å². The van der Waals surface area contributed by atoms with E-state index in [9.17, 15) is 4.79 Å². The number of benzene rings is 1. The molecule has 96 valence electrons. The van der Waals surface area contributed by atoms with E-state index in [4.69, 9.17) is 5.73 Å². The molecule has 2 atom stereocenters. The molecule has 0 radical (unpaired) electrons. The minimum atomic E-state index is 0.135. The number of carbonyl (C=O) groups is 1. The van der Waals surface area contributed by atoms with Gasteiger partial charge in [-0.1, -0.05) is 12.1 Å². The van der Waals surface area contributed by atoms with Crippen molar-refractivity contribution in [3.63, 3.8) is 0 Å². The van der Waals surface area contributed by atoms with Gasteiger partial charge in [-0.2, -0.15) is 0 Å². The van der Waals surface area contributed by atoms with Gasteiger partial charge in [0.15, 0.2) is 0 Å². The Balaban J connectivity index is 1.83. The largest absolute Gasteiger partial charge is 0.328 e. The highest BCUT2D eigenvalue weighted by Crippen LogP contribution is 2.36. The lowest BCUT2D eigenvalue weighted by Crippen LogP contribution is -2.39. The van der Waals surface area contributed by atoms with Gasteiger partial charge in [-0.05, 0) is 31.4 Å². The molecule has 1 aromatic rings. The molecular weight excluding hydrogens is 244 g/mol. The van der Waals surface area contributed by atoms with Crippen molar-refractivity contribution in [1.82, 2.24) is 0 Å². The molecule has 2 unspecified atom stereocenters. The first kappa shape index (κ1) is 12.1. The van der Waals surface area contributed by atoms with E-state index in [1.165, 1.54) is 4.90 Å². The van der Waals surface area contributed by atoms with Crippen LogP contribution in [0.25, 0.3) is 0 Å². The first-order valence-corrected chi connectivity index (χ1v) is 7.53. The van der Waals surface area contributed by atoms with E-state index in [2.05, 4.69) is 6.07 Å². The van der Waals surface area contributed by atoms with Crippen LogP contribution in [0.4, 0.5) is 5.69 Å². The number of para-hydroxylation sites is 1. The molecule has 0 aromatic heterocycles. The zero-order valence-electron chi connectivity index (χ0n) is 10.3. The fraction of sp³-hybridized carbons (Fsp3) is 0.500. The van der Waals surface area contributed by atoms with Crippen molar-refractivity contribution < 1.29 is 4.79 Å². The number of hydrogen-bond donors (Lipinski definition) is 1. The summed E-state index contributed by atoms with van der Waals surface area (Å²) in [5, 5.41) is 0. The van der Waals surface area contributed by atoms with Crippen molar-refractivity contribution in [2.45, 2.75) is 30.2 Å². The van der Waals surface area contributed by atoms with Gasteiger partial charge in [-0.15, -0.1) is 11.8 Å². The third kappa shape index (κ3) is 2.15. The first-order chi connectivity index (χ1) is 8.75. The molecular formula is C14H18N2OS. The average Bonchev–Trinajstić information content (AvgIpc) is 2.84. The van der Waals surface area contributed by atoms with E-state index in [1.807, 2.05) is 34.9 Å². The van der Waals surface area contributed by atoms with E-state index in [-0.39, 0.29) is 17.9 Å². The van der Waals surface area contributed by atoms with E-state index >= 15 is 0 Å². The van der Waals surface area contributed by atoms with E-state index < -0.39 is 0 Å². The predicted molar refractivity (Wildman–Crippen MR) is 74.8 cm³/mol. The summed E-state index contributed by atoms with van der Waals surface area (Å²) in [5.74, 6) is 1.40. The minimum absolute atomic E-state index is 0.135. The summed E-state index contributed by atoms with van der Waals surface area (Å²) < 4.78 is 0. The molecule has 1 aliphatic heterocycles. The molecule has 3 nitrogen and oxygen atoms in total. The molecule has 0 bridgehead atoms. The molecule has 4 heteroatoms. The van der Waals surface area contributed by atoms with Crippen molar-refractivity contribution in [3.05, 3.63) is 24.3 Å². The second kappa shape index (κ2) is 4.94. The van der Waals surface area contributed by atoms with Crippen LogP contribution in [0.3, 0.4) is 0 Å². The molecule has 3 rings (SSSR count). The maximum Gasteiger partial charge on any atom is 0.230 e. The first-order valence-electron chi connectivity index (χ1n) is 6.54. The number of nitrogens with zero attached hydrogens (tertiary/aromatic N) is 1. The zero-order valence-corrected chi connectivity index (χ0v) is 11.2. The third-order valence-electron chi connectivity index (χ3n) is 3.82. The minimum Gasteiger partial charge on any atom is -0.328 e. The van der Waals surface area contributed by atoms with Crippen molar-refractivity contribution in [2.75, 3.05) is 17.2 Å². The lowest BCUT2D eigenvalue weighted by molar-refractivity contribution is -0.122. The van der Waals surface area contributed by atoms with Crippen LogP contribution in [0.1, 0.15) is 19.3 Å². The highest BCUT2D eigenvalue weighted by Gasteiger charge is 2.33. The molecule has 1 fully saturated rings. The summed E-state index contributed by atoms with van der Waals surface area (Å²) in [5.41, 5.74) is 6.99. The van der Waals surface area contributed by atoms with Gasteiger partial charge in [0, 0.05) is 29.2 Å². The Hall–Kier alpha value is -1.00. The second-order valence-electron chi connectivity index (χ2n) is 5.08. The number of rotatable bonds is 1. The number of amides is 1. The molecule has 1 aliphatic carbocycles. The number of fused-ring (bicyclic) bond motifs is 1. The monoisotopic (exact) mass is 262 g/mol. The highest BCUT2D eigenvalue weighted by atomic mass is 32.2. The summed E-state index contributed by atoms with van der Waals surface area (Å²) in [4.78, 5) is 15.8. The topological polar surface area (TPSA) is 46.3 Å². The Bertz CT molecular complexity index is 463. The zero-order chi connectivity index (χ0) is 12.5. The summed E-state index contributed by atoms with van der Waals surface area (Å²) in [6.07, 6.45) is 2.79. The molecule has 2 aliphatic rings. The molecule has 0 saturated heterocycles. The van der Waals surface area contributed by atoms with Crippen molar-refractivity contribution in [2.24, 2.45) is 11.7 Å². The van der Waals surface area contributed by atoms with Gasteiger partial charge in [0.05, 0.1) is 5.69 Å². The van der Waals surface area contributed by atoms with Crippen molar-refractivity contribution >= 4 is 23.4 Å². The molecule has 1 aromatic carbocycles. The maximum atomic E-state index is 12.6. The summed E-state index contributed by atoms with van der Waals surface area (Å²) in [6.45, 7) is 0.826. The second-order valence-corrected chi connectivity index (χ2v) is 6.21. The van der Waals surface area contributed by atoms with Gasteiger partial charge in [-0.3, -0.25) is 4.79 Å². The number of hydrogen-bond acceptors (Lipinski definition) is 3. The number of carbonyl (C=O) groups excluding carboxylic acids is 1. The van der Waals surface area contributed by atoms with Crippen LogP contribution in [0.2, 0.25) is 0 Å². The lowest BCUT2D eigenvalue weighted by Gasteiger charge is -2.31. The Morgan fingerprint density at radius 1 is 1.33 bits per heavy atom. The fourth-order valence-electron chi connectivity index (χ4n) is 2.86. The lowest BCUT2D eigenvalue weighted by atomic mass is 10.1. The van der Waals surface area contributed by atoms with Gasteiger partial charge in [0.1, 0.15) is 0 Å². The van der Waals surface area contributed by atoms with Crippen LogP contribution in [-0.4, -0.2) is 24.2 Å². The van der Waals surface area contributed by atoms with E-state index in [1.54, 1.807) is 0 Å². The summed E-state index contributed by atoms with van der Waals surface area (Å²) >= 11 is 1.83. The fourth-order valence-corrected chi connectivity index (χ4v) is 3.85. The number of nitrogens with two attached hydrogens (primary N) is 1. The van der Waals surface area contributed by atoms with Crippen LogP contribution in [0.5, 0.6) is 0 Å². The van der Waals surface area contributed by atoms with Gasteiger partial charge in [-0.25, -0.2) is 0 Å². The van der Waals surface area contributed by atoms with Gasteiger partial charge < -0.3 is 10.6 Å². The molecule has 2 N–H and O–H groups in total. The Kier molecular flexibility index (Phi) is 3.31. The van der Waals surface area contributed by atoms with E-state index in [0.29, 0.717) is 0 Å². The van der Waals surface area contributed by atoms with Crippen molar-refractivity contribution in [3.8, 4) is 0 Å².